The minimum absolute atomic E-state index is 0.378. The van der Waals surface area contributed by atoms with Crippen molar-refractivity contribution in [2.24, 2.45) is 0 Å². The molecule has 0 atom stereocenters. The lowest BCUT2D eigenvalue weighted by atomic mass is 10.2. The summed E-state index contributed by atoms with van der Waals surface area (Å²) in [5, 5.41) is 9.10. The highest BCUT2D eigenvalue weighted by Gasteiger charge is 2.10. The fraction of sp³-hybridized carbons (Fsp3) is 0. The molecule has 0 unspecified atom stereocenters. The van der Waals surface area contributed by atoms with Crippen LogP contribution < -0.4 is 5.49 Å². The van der Waals surface area contributed by atoms with Gasteiger partial charge in [-0.15, -0.1) is 0 Å². The highest BCUT2D eigenvalue weighted by atomic mass is 79.9. The number of hydrogen-bond acceptors (Lipinski definition) is 3. The van der Waals surface area contributed by atoms with Crippen molar-refractivity contribution in [3.05, 3.63) is 64.7 Å². The first-order valence-electron chi connectivity index (χ1n) is 6.44. The second-order valence-electron chi connectivity index (χ2n) is 4.73. The van der Waals surface area contributed by atoms with Crippen molar-refractivity contribution in [2.75, 3.05) is 0 Å². The molecule has 5 heteroatoms. The van der Waals surface area contributed by atoms with E-state index in [9.17, 15) is 0 Å². The Balaban J connectivity index is 2.01. The molecule has 0 radical (unpaired) electrons. The molecule has 4 rings (SSSR count). The van der Waals surface area contributed by atoms with Crippen LogP contribution in [0.5, 0.6) is 0 Å². The zero-order valence-electron chi connectivity index (χ0n) is 10.9. The molecule has 1 N–H and O–H groups in total. The third kappa shape index (κ3) is 1.97. The van der Waals surface area contributed by atoms with Gasteiger partial charge in [0.15, 0.2) is 5.76 Å². The zero-order valence-corrected chi connectivity index (χ0v) is 12.5. The highest BCUT2D eigenvalue weighted by molar-refractivity contribution is 9.10. The summed E-state index contributed by atoms with van der Waals surface area (Å²) >= 11 is 3.42. The zero-order chi connectivity index (χ0) is 14.4. The number of hydrogen-bond donors (Lipinski definition) is 1. The topological polar surface area (TPSA) is 54.3 Å². The maximum atomic E-state index is 8.30. The van der Waals surface area contributed by atoms with Crippen LogP contribution in [-0.2, 0) is 0 Å². The van der Waals surface area contributed by atoms with Crippen LogP contribution >= 0.6 is 15.9 Å². The smallest absolute Gasteiger partial charge is 0.308 e. The molecule has 0 aliphatic rings. The summed E-state index contributed by atoms with van der Waals surface area (Å²) in [7, 11) is 0. The molecule has 0 spiro atoms. The number of nitrogens with one attached hydrogen (secondary N) is 1. The van der Waals surface area contributed by atoms with E-state index in [1.807, 2.05) is 48.5 Å². The molecule has 4 nitrogen and oxygen atoms in total. The Morgan fingerprint density at radius 2 is 1.81 bits per heavy atom. The second kappa shape index (κ2) is 4.56. The number of fused-ring (bicyclic) bond motifs is 2. The van der Waals surface area contributed by atoms with Crippen molar-refractivity contribution in [1.82, 2.24) is 9.38 Å². The molecule has 0 aliphatic carbocycles. The molecular weight excluding hydrogens is 330 g/mol. The summed E-state index contributed by atoms with van der Waals surface area (Å²) in [6.07, 6.45) is 1.81. The molecule has 0 aliphatic heterocycles. The summed E-state index contributed by atoms with van der Waals surface area (Å²) in [4.78, 5) is 4.47. The summed E-state index contributed by atoms with van der Waals surface area (Å²) in [6, 6.07) is 15.4. The SMILES string of the molecule is N=c1c2ccccc2nc2oc(-c3ccc(Br)cc3)cn12. The number of rotatable bonds is 1. The van der Waals surface area contributed by atoms with E-state index in [2.05, 4.69) is 20.9 Å². The second-order valence-corrected chi connectivity index (χ2v) is 5.65. The molecule has 21 heavy (non-hydrogen) atoms. The number of oxazole rings is 1. The van der Waals surface area contributed by atoms with Crippen molar-refractivity contribution >= 4 is 32.7 Å². The van der Waals surface area contributed by atoms with Crippen LogP contribution in [0, 0.1) is 5.41 Å². The first-order valence-corrected chi connectivity index (χ1v) is 7.23. The molecule has 2 heterocycles. The maximum absolute atomic E-state index is 8.30. The van der Waals surface area contributed by atoms with Crippen LogP contribution in [0.15, 0.2) is 63.6 Å². The predicted octanol–water partition coefficient (Wildman–Crippen LogP) is 3.99. The number of aromatic nitrogens is 2. The van der Waals surface area contributed by atoms with E-state index in [0.717, 1.165) is 20.9 Å². The summed E-state index contributed by atoms with van der Waals surface area (Å²) < 4.78 is 8.48. The lowest BCUT2D eigenvalue weighted by Crippen LogP contribution is -2.12. The Morgan fingerprint density at radius 1 is 1.05 bits per heavy atom. The normalized spacial score (nSPS) is 11.3. The lowest BCUT2D eigenvalue weighted by Gasteiger charge is -1.97. The van der Waals surface area contributed by atoms with Crippen molar-refractivity contribution < 1.29 is 4.42 Å². The van der Waals surface area contributed by atoms with Crippen molar-refractivity contribution in [3.63, 3.8) is 0 Å². The molecule has 0 saturated heterocycles. The highest BCUT2D eigenvalue weighted by Crippen LogP contribution is 2.23. The minimum Gasteiger partial charge on any atom is -0.423 e. The third-order valence-electron chi connectivity index (χ3n) is 3.40. The van der Waals surface area contributed by atoms with Gasteiger partial charge in [-0.3, -0.25) is 9.81 Å². The molecule has 0 bridgehead atoms. The van der Waals surface area contributed by atoms with Crippen molar-refractivity contribution in [2.45, 2.75) is 0 Å². The quantitative estimate of drug-likeness (QED) is 0.570. The van der Waals surface area contributed by atoms with E-state index in [-0.39, 0.29) is 0 Å². The maximum Gasteiger partial charge on any atom is 0.308 e. The van der Waals surface area contributed by atoms with Gasteiger partial charge in [0.2, 0.25) is 0 Å². The molecule has 4 aromatic rings. The van der Waals surface area contributed by atoms with Gasteiger partial charge in [0.1, 0.15) is 5.49 Å². The van der Waals surface area contributed by atoms with Gasteiger partial charge in [-0.2, -0.15) is 4.98 Å². The fourth-order valence-electron chi connectivity index (χ4n) is 2.34. The lowest BCUT2D eigenvalue weighted by molar-refractivity contribution is 0.606. The summed E-state index contributed by atoms with van der Waals surface area (Å²) in [5.41, 5.74) is 2.09. The van der Waals surface area contributed by atoms with Crippen molar-refractivity contribution in [1.29, 1.82) is 5.41 Å². The summed E-state index contributed by atoms with van der Waals surface area (Å²) in [6.45, 7) is 0. The van der Waals surface area contributed by atoms with Crippen molar-refractivity contribution in [3.8, 4) is 11.3 Å². The van der Waals surface area contributed by atoms with Gasteiger partial charge >= 0.3 is 5.84 Å². The Labute approximate surface area is 128 Å². The molecule has 2 aromatic heterocycles. The van der Waals surface area contributed by atoms with E-state index in [0.29, 0.717) is 17.1 Å². The largest absolute Gasteiger partial charge is 0.423 e. The van der Waals surface area contributed by atoms with Gasteiger partial charge in [0, 0.05) is 15.4 Å². The number of para-hydroxylation sites is 1. The Kier molecular flexibility index (Phi) is 2.68. The number of nitrogens with zero attached hydrogens (tertiary/aromatic N) is 2. The Bertz CT molecular complexity index is 1020. The van der Waals surface area contributed by atoms with Crippen LogP contribution in [0.25, 0.3) is 28.1 Å². The molecule has 0 amide bonds. The molecule has 0 saturated carbocycles. The van der Waals surface area contributed by atoms with E-state index < -0.39 is 0 Å². The van der Waals surface area contributed by atoms with Gasteiger partial charge in [0.05, 0.1) is 11.7 Å². The molecule has 102 valence electrons. The minimum atomic E-state index is 0.378. The average Bonchev–Trinajstić information content (AvgIpc) is 2.92. The third-order valence-corrected chi connectivity index (χ3v) is 3.93. The van der Waals surface area contributed by atoms with Crippen LogP contribution in [0.1, 0.15) is 0 Å². The van der Waals surface area contributed by atoms with E-state index >= 15 is 0 Å². The van der Waals surface area contributed by atoms with Crippen LogP contribution in [0.2, 0.25) is 0 Å². The van der Waals surface area contributed by atoms with E-state index in [1.165, 1.54) is 0 Å². The van der Waals surface area contributed by atoms with Crippen LogP contribution in [-0.4, -0.2) is 9.38 Å². The Morgan fingerprint density at radius 3 is 2.62 bits per heavy atom. The number of benzene rings is 2. The van der Waals surface area contributed by atoms with E-state index in [4.69, 9.17) is 9.83 Å². The van der Waals surface area contributed by atoms with Gasteiger partial charge in [-0.25, -0.2) is 0 Å². The molecule has 2 aromatic carbocycles. The van der Waals surface area contributed by atoms with Crippen LogP contribution in [0.4, 0.5) is 0 Å². The first kappa shape index (κ1) is 12.3. The van der Waals surface area contributed by atoms with E-state index in [1.54, 1.807) is 10.6 Å². The van der Waals surface area contributed by atoms with Crippen LogP contribution in [0.3, 0.4) is 0 Å². The van der Waals surface area contributed by atoms with Gasteiger partial charge in [-0.1, -0.05) is 40.2 Å². The average molecular weight is 340 g/mol. The predicted molar refractivity (Wildman–Crippen MR) is 84.0 cm³/mol. The molecular formula is C16H10BrN3O. The monoisotopic (exact) mass is 339 g/mol. The fourth-order valence-corrected chi connectivity index (χ4v) is 2.60. The summed E-state index contributed by atoms with van der Waals surface area (Å²) in [5.74, 6) is 1.12. The Hall–Kier alpha value is -2.40. The number of halogens is 1. The first-order chi connectivity index (χ1) is 10.2. The van der Waals surface area contributed by atoms with Gasteiger partial charge in [0.25, 0.3) is 0 Å². The molecule has 0 fully saturated rings. The van der Waals surface area contributed by atoms with Gasteiger partial charge < -0.3 is 4.42 Å². The standard InChI is InChI=1S/C16H10BrN3O/c17-11-7-5-10(6-8-11)14-9-20-15(18)12-3-1-2-4-13(12)19-16(20)21-14/h1-9,18H. The van der Waals surface area contributed by atoms with Gasteiger partial charge in [-0.05, 0) is 24.3 Å².